The van der Waals surface area contributed by atoms with Crippen molar-refractivity contribution in [1.29, 1.82) is 0 Å². The van der Waals surface area contributed by atoms with Gasteiger partial charge in [0.25, 0.3) is 0 Å². The molecule has 0 radical (unpaired) electrons. The lowest BCUT2D eigenvalue weighted by atomic mass is 10.1. The highest BCUT2D eigenvalue weighted by atomic mass is 19.1. The molecule has 0 spiro atoms. The van der Waals surface area contributed by atoms with Gasteiger partial charge in [0, 0.05) is 42.4 Å². The summed E-state index contributed by atoms with van der Waals surface area (Å²) < 4.78 is 39.3. The molecule has 1 aliphatic heterocycles. The number of benzene rings is 2. The average Bonchev–Trinajstić information content (AvgIpc) is 3.51. The minimum absolute atomic E-state index is 0.0613. The standard InChI is InChI=1S/C32H32FN9O5/c1-40(2)10-5-6-30(43)41-17-22(18-41)46-28-13-23-26(14-27(28)44-3)36-19-37-31(23)38-25-8-7-21(12-24(25)33)47-29-9-11-42(39-29)20-15-34-32(45-4)35-16-20/h5-9,11-16,19,22H,10,17-18H2,1-4H3,(H,36,37,38)/b6-5+. The first-order valence-corrected chi connectivity index (χ1v) is 14.6. The van der Waals surface area contributed by atoms with Crippen LogP contribution >= 0.6 is 0 Å². The van der Waals surface area contributed by atoms with Crippen molar-refractivity contribution in [3.05, 3.63) is 79.3 Å². The van der Waals surface area contributed by atoms with Crippen molar-refractivity contribution < 1.29 is 28.1 Å². The van der Waals surface area contributed by atoms with Crippen molar-refractivity contribution in [3.63, 3.8) is 0 Å². The fourth-order valence-corrected chi connectivity index (χ4v) is 4.70. The van der Waals surface area contributed by atoms with Crippen molar-refractivity contribution in [3.8, 4) is 34.8 Å². The molecule has 1 aliphatic rings. The van der Waals surface area contributed by atoms with Gasteiger partial charge in [0.1, 0.15) is 35.5 Å². The lowest BCUT2D eigenvalue weighted by Crippen LogP contribution is -2.55. The molecule has 2 aromatic carbocycles. The summed E-state index contributed by atoms with van der Waals surface area (Å²) in [6.45, 7) is 1.57. The minimum Gasteiger partial charge on any atom is -0.493 e. The molecule has 0 saturated carbocycles. The number of anilines is 2. The van der Waals surface area contributed by atoms with Gasteiger partial charge in [0.15, 0.2) is 11.5 Å². The molecule has 1 saturated heterocycles. The van der Waals surface area contributed by atoms with Gasteiger partial charge >= 0.3 is 6.01 Å². The van der Waals surface area contributed by atoms with Crippen LogP contribution in [-0.4, -0.2) is 99.5 Å². The van der Waals surface area contributed by atoms with Crippen LogP contribution in [0.3, 0.4) is 0 Å². The Kier molecular flexibility index (Phi) is 9.06. The Bertz CT molecular complexity index is 1910. The largest absolute Gasteiger partial charge is 0.493 e. The molecule has 6 rings (SSSR count). The maximum atomic E-state index is 15.3. The van der Waals surface area contributed by atoms with E-state index < -0.39 is 5.82 Å². The molecular weight excluding hydrogens is 609 g/mol. The summed E-state index contributed by atoms with van der Waals surface area (Å²) in [6, 6.07) is 9.76. The van der Waals surface area contributed by atoms with Gasteiger partial charge in [-0.15, -0.1) is 5.10 Å². The summed E-state index contributed by atoms with van der Waals surface area (Å²) in [4.78, 5) is 32.9. The summed E-state index contributed by atoms with van der Waals surface area (Å²) in [7, 11) is 6.90. The van der Waals surface area contributed by atoms with E-state index in [1.54, 1.807) is 59.9 Å². The molecule has 3 aromatic heterocycles. The van der Waals surface area contributed by atoms with Crippen LogP contribution < -0.4 is 24.3 Å². The molecule has 47 heavy (non-hydrogen) atoms. The zero-order chi connectivity index (χ0) is 32.9. The normalized spacial score (nSPS) is 13.2. The summed E-state index contributed by atoms with van der Waals surface area (Å²) in [5, 5.41) is 7.98. The molecular formula is C32H32FN9O5. The van der Waals surface area contributed by atoms with Crippen LogP contribution in [0.4, 0.5) is 15.9 Å². The van der Waals surface area contributed by atoms with Crippen molar-refractivity contribution in [2.75, 3.05) is 53.3 Å². The van der Waals surface area contributed by atoms with Gasteiger partial charge in [-0.05, 0) is 32.3 Å². The fourth-order valence-electron chi connectivity index (χ4n) is 4.70. The van der Waals surface area contributed by atoms with E-state index in [0.29, 0.717) is 53.5 Å². The molecule has 1 amide bonds. The molecule has 4 heterocycles. The van der Waals surface area contributed by atoms with E-state index in [9.17, 15) is 4.79 Å². The third-order valence-electron chi connectivity index (χ3n) is 7.15. The van der Waals surface area contributed by atoms with Crippen molar-refractivity contribution >= 4 is 28.3 Å². The Labute approximate surface area is 269 Å². The van der Waals surface area contributed by atoms with E-state index >= 15 is 4.39 Å². The number of likely N-dealkylation sites (N-methyl/N-ethyl adjacent to an activating group) is 1. The van der Waals surface area contributed by atoms with Crippen LogP contribution in [0.5, 0.6) is 29.1 Å². The van der Waals surface area contributed by atoms with Crippen LogP contribution in [0.1, 0.15) is 0 Å². The van der Waals surface area contributed by atoms with E-state index in [2.05, 4.69) is 30.4 Å². The molecule has 15 heteroatoms. The van der Waals surface area contributed by atoms with Gasteiger partial charge in [0.05, 0.1) is 50.9 Å². The van der Waals surface area contributed by atoms with E-state index in [1.807, 2.05) is 25.1 Å². The number of aromatic nitrogens is 6. The number of halogens is 1. The number of rotatable bonds is 12. The first kappa shape index (κ1) is 31.2. The number of amides is 1. The van der Waals surface area contributed by atoms with Crippen LogP contribution in [0.15, 0.2) is 73.5 Å². The maximum absolute atomic E-state index is 15.3. The Morgan fingerprint density at radius 1 is 1.04 bits per heavy atom. The minimum atomic E-state index is -0.568. The summed E-state index contributed by atoms with van der Waals surface area (Å²) >= 11 is 0. The Balaban J connectivity index is 1.14. The Morgan fingerprint density at radius 2 is 1.85 bits per heavy atom. The van der Waals surface area contributed by atoms with Crippen LogP contribution in [0, 0.1) is 5.82 Å². The van der Waals surface area contributed by atoms with Crippen LogP contribution in [-0.2, 0) is 4.79 Å². The van der Waals surface area contributed by atoms with E-state index in [1.165, 1.54) is 31.3 Å². The highest BCUT2D eigenvalue weighted by Gasteiger charge is 2.32. The Hall–Kier alpha value is -5.83. The first-order chi connectivity index (χ1) is 22.8. The van der Waals surface area contributed by atoms with Crippen LogP contribution in [0.25, 0.3) is 16.6 Å². The van der Waals surface area contributed by atoms with Gasteiger partial charge in [-0.1, -0.05) is 6.08 Å². The van der Waals surface area contributed by atoms with Gasteiger partial charge < -0.3 is 34.1 Å². The molecule has 242 valence electrons. The number of carbonyl (C=O) groups excluding carboxylic acids is 1. The molecule has 1 fully saturated rings. The number of hydrogen-bond donors (Lipinski definition) is 1. The van der Waals surface area contributed by atoms with Crippen molar-refractivity contribution in [2.45, 2.75) is 6.10 Å². The van der Waals surface area contributed by atoms with Crippen LogP contribution in [0.2, 0.25) is 0 Å². The predicted molar refractivity (Wildman–Crippen MR) is 170 cm³/mol. The second-order valence-corrected chi connectivity index (χ2v) is 10.8. The third-order valence-corrected chi connectivity index (χ3v) is 7.15. The first-order valence-electron chi connectivity index (χ1n) is 14.6. The maximum Gasteiger partial charge on any atom is 0.316 e. The number of nitrogens with one attached hydrogen (secondary N) is 1. The van der Waals surface area contributed by atoms with Gasteiger partial charge in [-0.25, -0.2) is 29.0 Å². The predicted octanol–water partition coefficient (Wildman–Crippen LogP) is 4.01. The molecule has 0 bridgehead atoms. The number of likely N-dealkylation sites (tertiary alicyclic amines) is 1. The topological polar surface area (TPSA) is 142 Å². The number of nitrogens with zero attached hydrogens (tertiary/aromatic N) is 8. The molecule has 0 unspecified atom stereocenters. The number of hydrogen-bond acceptors (Lipinski definition) is 12. The lowest BCUT2D eigenvalue weighted by Gasteiger charge is -2.38. The smallest absolute Gasteiger partial charge is 0.316 e. The molecule has 0 atom stereocenters. The van der Waals surface area contributed by atoms with Gasteiger partial charge in [-0.2, -0.15) is 0 Å². The SMILES string of the molecule is COc1ncc(-n2ccc(Oc3ccc(Nc4ncnc5cc(OC)c(OC6CN(C(=O)/C=C/CN(C)C)C6)cc45)c(F)c3)n2)cn1. The summed E-state index contributed by atoms with van der Waals surface area (Å²) in [5.41, 5.74) is 1.34. The number of carbonyl (C=O) groups is 1. The number of ether oxygens (including phenoxy) is 4. The molecule has 5 aromatic rings. The van der Waals surface area contributed by atoms with E-state index in [-0.39, 0.29) is 35.3 Å². The lowest BCUT2D eigenvalue weighted by molar-refractivity contribution is -0.134. The molecule has 14 nitrogen and oxygen atoms in total. The second-order valence-electron chi connectivity index (χ2n) is 10.8. The monoisotopic (exact) mass is 641 g/mol. The molecule has 1 N–H and O–H groups in total. The Morgan fingerprint density at radius 3 is 2.57 bits per heavy atom. The quantitative estimate of drug-likeness (QED) is 0.197. The summed E-state index contributed by atoms with van der Waals surface area (Å²) in [6.07, 6.45) is 9.36. The van der Waals surface area contributed by atoms with Gasteiger partial charge in [-0.3, -0.25) is 4.79 Å². The second kappa shape index (κ2) is 13.7. The fraction of sp³-hybridized carbons (Fsp3) is 0.250. The average molecular weight is 642 g/mol. The zero-order valence-corrected chi connectivity index (χ0v) is 26.1. The number of methoxy groups -OCH3 is 2. The van der Waals surface area contributed by atoms with E-state index in [4.69, 9.17) is 18.9 Å². The summed E-state index contributed by atoms with van der Waals surface area (Å²) in [5.74, 6) is 1.18. The van der Waals surface area contributed by atoms with Crippen molar-refractivity contribution in [2.24, 2.45) is 0 Å². The number of fused-ring (bicyclic) bond motifs is 1. The van der Waals surface area contributed by atoms with E-state index in [0.717, 1.165) is 0 Å². The van der Waals surface area contributed by atoms with Gasteiger partial charge in [0.2, 0.25) is 11.8 Å². The zero-order valence-electron chi connectivity index (χ0n) is 26.1. The highest BCUT2D eigenvalue weighted by Crippen LogP contribution is 2.37. The third kappa shape index (κ3) is 7.20. The van der Waals surface area contributed by atoms with Crippen molar-refractivity contribution in [1.82, 2.24) is 39.5 Å². The molecule has 0 aliphatic carbocycles. The highest BCUT2D eigenvalue weighted by molar-refractivity contribution is 5.93.